The Kier molecular flexibility index (Phi) is 4.94. The molecule has 126 valence electrons. The van der Waals surface area contributed by atoms with Gasteiger partial charge >= 0.3 is 6.03 Å². The molecule has 3 rings (SSSR count). The fourth-order valence-corrected chi connectivity index (χ4v) is 3.42. The minimum atomic E-state index is 0.0779. The van der Waals surface area contributed by atoms with Gasteiger partial charge in [0.1, 0.15) is 0 Å². The maximum absolute atomic E-state index is 12.6. The SMILES string of the molecule is COc1ccc(CNC(=O)N(C2CCCC2)C2CC2)cc1OC. The number of hydrogen-bond donors (Lipinski definition) is 1. The zero-order chi connectivity index (χ0) is 16.2. The Hall–Kier alpha value is -1.91. The van der Waals surface area contributed by atoms with Crippen LogP contribution >= 0.6 is 0 Å². The Labute approximate surface area is 137 Å². The molecule has 0 unspecified atom stereocenters. The fraction of sp³-hybridized carbons (Fsp3) is 0.611. The molecule has 0 spiro atoms. The molecular formula is C18H26N2O3. The number of ether oxygens (including phenoxy) is 2. The molecule has 0 saturated heterocycles. The van der Waals surface area contributed by atoms with Gasteiger partial charge in [-0.05, 0) is 43.4 Å². The first-order valence-electron chi connectivity index (χ1n) is 8.50. The molecule has 1 aromatic carbocycles. The van der Waals surface area contributed by atoms with E-state index in [1.54, 1.807) is 14.2 Å². The van der Waals surface area contributed by atoms with E-state index < -0.39 is 0 Å². The van der Waals surface area contributed by atoms with Gasteiger partial charge in [0.05, 0.1) is 14.2 Å². The van der Waals surface area contributed by atoms with E-state index in [2.05, 4.69) is 10.2 Å². The van der Waals surface area contributed by atoms with Gasteiger partial charge in [0.2, 0.25) is 0 Å². The number of urea groups is 1. The molecule has 2 saturated carbocycles. The molecule has 0 atom stereocenters. The van der Waals surface area contributed by atoms with Crippen LogP contribution in [0.5, 0.6) is 11.5 Å². The minimum Gasteiger partial charge on any atom is -0.493 e. The van der Waals surface area contributed by atoms with E-state index in [1.165, 1.54) is 12.8 Å². The van der Waals surface area contributed by atoms with Crippen LogP contribution in [0.2, 0.25) is 0 Å². The molecule has 1 aromatic rings. The maximum Gasteiger partial charge on any atom is 0.318 e. The van der Waals surface area contributed by atoms with Crippen LogP contribution in [0.3, 0.4) is 0 Å². The summed E-state index contributed by atoms with van der Waals surface area (Å²) in [6, 6.07) is 6.72. The first-order valence-corrected chi connectivity index (χ1v) is 8.50. The fourth-order valence-electron chi connectivity index (χ4n) is 3.42. The summed E-state index contributed by atoms with van der Waals surface area (Å²) in [5.74, 6) is 1.39. The van der Waals surface area contributed by atoms with Crippen molar-refractivity contribution in [3.05, 3.63) is 23.8 Å². The molecule has 23 heavy (non-hydrogen) atoms. The van der Waals surface area contributed by atoms with Crippen LogP contribution in [0.15, 0.2) is 18.2 Å². The Morgan fingerprint density at radius 3 is 2.35 bits per heavy atom. The Morgan fingerprint density at radius 1 is 1.09 bits per heavy atom. The summed E-state index contributed by atoms with van der Waals surface area (Å²) in [5.41, 5.74) is 1.01. The molecule has 2 fully saturated rings. The van der Waals surface area contributed by atoms with Crippen LogP contribution in [-0.2, 0) is 6.54 Å². The smallest absolute Gasteiger partial charge is 0.318 e. The van der Waals surface area contributed by atoms with E-state index in [-0.39, 0.29) is 6.03 Å². The lowest BCUT2D eigenvalue weighted by molar-refractivity contribution is 0.170. The third-order valence-corrected chi connectivity index (χ3v) is 4.78. The van der Waals surface area contributed by atoms with Gasteiger partial charge in [-0.15, -0.1) is 0 Å². The van der Waals surface area contributed by atoms with E-state index in [0.29, 0.717) is 30.1 Å². The number of nitrogens with one attached hydrogen (secondary N) is 1. The average molecular weight is 318 g/mol. The third-order valence-electron chi connectivity index (χ3n) is 4.78. The number of rotatable bonds is 6. The Balaban J connectivity index is 1.61. The van der Waals surface area contributed by atoms with Crippen LogP contribution in [0, 0.1) is 0 Å². The van der Waals surface area contributed by atoms with Gasteiger partial charge in [-0.1, -0.05) is 18.9 Å². The lowest BCUT2D eigenvalue weighted by atomic mass is 10.2. The standard InChI is InChI=1S/C18H26N2O3/c1-22-16-10-7-13(11-17(16)23-2)12-19-18(21)20(15-8-9-15)14-5-3-4-6-14/h7,10-11,14-15H,3-6,8-9,12H2,1-2H3,(H,19,21). The highest BCUT2D eigenvalue weighted by molar-refractivity contribution is 5.75. The lowest BCUT2D eigenvalue weighted by Crippen LogP contribution is -2.46. The number of amides is 2. The Morgan fingerprint density at radius 2 is 1.74 bits per heavy atom. The number of benzene rings is 1. The van der Waals surface area contributed by atoms with Gasteiger partial charge in [-0.3, -0.25) is 0 Å². The van der Waals surface area contributed by atoms with Crippen molar-refractivity contribution in [2.75, 3.05) is 14.2 Å². The normalized spacial score (nSPS) is 17.8. The first kappa shape index (κ1) is 16.0. The summed E-state index contributed by atoms with van der Waals surface area (Å²) < 4.78 is 10.6. The molecule has 2 aliphatic carbocycles. The van der Waals surface area contributed by atoms with Crippen molar-refractivity contribution in [2.45, 2.75) is 57.2 Å². The molecule has 5 nitrogen and oxygen atoms in total. The van der Waals surface area contributed by atoms with Crippen molar-refractivity contribution in [3.63, 3.8) is 0 Å². The number of nitrogens with zero attached hydrogens (tertiary/aromatic N) is 1. The molecule has 5 heteroatoms. The van der Waals surface area contributed by atoms with E-state index in [4.69, 9.17) is 9.47 Å². The van der Waals surface area contributed by atoms with Crippen LogP contribution in [0.4, 0.5) is 4.79 Å². The second-order valence-corrected chi connectivity index (χ2v) is 6.42. The van der Waals surface area contributed by atoms with E-state index in [9.17, 15) is 4.79 Å². The molecular weight excluding hydrogens is 292 g/mol. The van der Waals surface area contributed by atoms with E-state index in [0.717, 1.165) is 31.2 Å². The van der Waals surface area contributed by atoms with Crippen molar-refractivity contribution in [1.82, 2.24) is 10.2 Å². The van der Waals surface area contributed by atoms with Crippen LogP contribution in [-0.4, -0.2) is 37.2 Å². The zero-order valence-electron chi connectivity index (χ0n) is 14.0. The van der Waals surface area contributed by atoms with Crippen molar-refractivity contribution < 1.29 is 14.3 Å². The molecule has 0 aliphatic heterocycles. The molecule has 0 aromatic heterocycles. The van der Waals surface area contributed by atoms with Crippen molar-refractivity contribution >= 4 is 6.03 Å². The highest BCUT2D eigenvalue weighted by Crippen LogP contribution is 2.34. The number of methoxy groups -OCH3 is 2. The van der Waals surface area contributed by atoms with Gasteiger partial charge in [0.25, 0.3) is 0 Å². The first-order chi connectivity index (χ1) is 11.2. The van der Waals surface area contributed by atoms with Crippen LogP contribution in [0.1, 0.15) is 44.1 Å². The summed E-state index contributed by atoms with van der Waals surface area (Å²) in [4.78, 5) is 14.7. The van der Waals surface area contributed by atoms with Crippen LogP contribution in [0.25, 0.3) is 0 Å². The summed E-state index contributed by atoms with van der Waals surface area (Å²) in [5, 5.41) is 3.08. The lowest BCUT2D eigenvalue weighted by Gasteiger charge is -2.29. The summed E-state index contributed by atoms with van der Waals surface area (Å²) in [7, 11) is 3.24. The molecule has 2 aliphatic rings. The summed E-state index contributed by atoms with van der Waals surface area (Å²) in [6.45, 7) is 0.509. The van der Waals surface area contributed by atoms with Crippen LogP contribution < -0.4 is 14.8 Å². The van der Waals surface area contributed by atoms with Crippen molar-refractivity contribution in [2.24, 2.45) is 0 Å². The van der Waals surface area contributed by atoms with Crippen molar-refractivity contribution in [3.8, 4) is 11.5 Å². The average Bonchev–Trinajstić information content (AvgIpc) is 3.26. The molecule has 0 heterocycles. The molecule has 2 amide bonds. The Bertz CT molecular complexity index is 551. The van der Waals surface area contributed by atoms with Gasteiger partial charge in [-0.2, -0.15) is 0 Å². The van der Waals surface area contributed by atoms with E-state index >= 15 is 0 Å². The van der Waals surface area contributed by atoms with Gasteiger partial charge in [0, 0.05) is 18.6 Å². The predicted octanol–water partition coefficient (Wildman–Crippen LogP) is 3.32. The second-order valence-electron chi connectivity index (χ2n) is 6.42. The monoisotopic (exact) mass is 318 g/mol. The predicted molar refractivity (Wildman–Crippen MR) is 88.9 cm³/mol. The van der Waals surface area contributed by atoms with Crippen molar-refractivity contribution in [1.29, 1.82) is 0 Å². The number of hydrogen-bond acceptors (Lipinski definition) is 3. The summed E-state index contributed by atoms with van der Waals surface area (Å²) in [6.07, 6.45) is 7.11. The highest BCUT2D eigenvalue weighted by Gasteiger charge is 2.38. The largest absolute Gasteiger partial charge is 0.493 e. The highest BCUT2D eigenvalue weighted by atomic mass is 16.5. The summed E-state index contributed by atoms with van der Waals surface area (Å²) >= 11 is 0. The van der Waals surface area contributed by atoms with Gasteiger partial charge in [-0.25, -0.2) is 4.79 Å². The van der Waals surface area contributed by atoms with Gasteiger partial charge in [0.15, 0.2) is 11.5 Å². The quantitative estimate of drug-likeness (QED) is 0.875. The zero-order valence-corrected chi connectivity index (χ0v) is 14.0. The number of carbonyl (C=O) groups excluding carboxylic acids is 1. The minimum absolute atomic E-state index is 0.0779. The molecule has 0 bridgehead atoms. The van der Waals surface area contributed by atoms with E-state index in [1.807, 2.05) is 18.2 Å². The molecule has 0 radical (unpaired) electrons. The third kappa shape index (κ3) is 3.71. The molecule has 1 N–H and O–H groups in total. The number of carbonyl (C=O) groups is 1. The van der Waals surface area contributed by atoms with Gasteiger partial charge < -0.3 is 19.7 Å². The second kappa shape index (κ2) is 7.11. The topological polar surface area (TPSA) is 50.8 Å². The maximum atomic E-state index is 12.6.